The Kier molecular flexibility index (Phi) is 0.974. The van der Waals surface area contributed by atoms with Crippen molar-refractivity contribution >= 4 is 10.9 Å². The molecular weight excluding hydrogens is 131 g/mol. The second-order valence-corrected chi connectivity index (χ2v) is 2.07. The van der Waals surface area contributed by atoms with Crippen LogP contribution in [-0.2, 0) is 0 Å². The van der Waals surface area contributed by atoms with E-state index in [1.165, 1.54) is 12.3 Å². The van der Waals surface area contributed by atoms with E-state index in [0.29, 0.717) is 0 Å². The number of nitrogens with one attached hydrogen (secondary N) is 1. The van der Waals surface area contributed by atoms with Crippen LogP contribution in [0.1, 0.15) is 0 Å². The largest absolute Gasteiger partial charge is 0.361 e. The fourth-order valence-corrected chi connectivity index (χ4v) is 0.919. The Morgan fingerprint density at radius 2 is 2.40 bits per heavy atom. The molecule has 0 fully saturated rings. The van der Waals surface area contributed by atoms with Gasteiger partial charge in [-0.15, -0.1) is 0 Å². The molecule has 0 aliphatic rings. The Morgan fingerprint density at radius 1 is 1.50 bits per heavy atom. The molecule has 0 spiro atoms. The highest BCUT2D eigenvalue weighted by molar-refractivity contribution is 5.77. The van der Waals surface area contributed by atoms with Gasteiger partial charge >= 0.3 is 0 Å². The molecule has 2 aromatic heterocycles. The van der Waals surface area contributed by atoms with Gasteiger partial charge in [0, 0.05) is 23.8 Å². The first kappa shape index (κ1) is 5.41. The minimum atomic E-state index is -0.449. The molecule has 0 bridgehead atoms. The minimum absolute atomic E-state index is 0.449. The Hall–Kier alpha value is -1.38. The average molecular weight is 136 g/mol. The van der Waals surface area contributed by atoms with Gasteiger partial charge in [0.1, 0.15) is 0 Å². The Balaban J connectivity index is 2.86. The van der Waals surface area contributed by atoms with Crippen molar-refractivity contribution < 1.29 is 4.39 Å². The topological polar surface area (TPSA) is 28.7 Å². The maximum atomic E-state index is 12.4. The molecule has 2 nitrogen and oxygen atoms in total. The van der Waals surface area contributed by atoms with E-state index in [0.717, 1.165) is 10.9 Å². The number of rotatable bonds is 0. The highest BCUT2D eigenvalue weighted by atomic mass is 19.1. The molecule has 2 aromatic rings. The van der Waals surface area contributed by atoms with Crippen LogP contribution in [0.4, 0.5) is 4.39 Å². The zero-order valence-corrected chi connectivity index (χ0v) is 5.13. The third kappa shape index (κ3) is 0.673. The summed E-state index contributed by atoms with van der Waals surface area (Å²) in [6.07, 6.45) is 3.26. The molecule has 0 aliphatic carbocycles. The van der Waals surface area contributed by atoms with Gasteiger partial charge in [0.2, 0.25) is 5.95 Å². The first-order chi connectivity index (χ1) is 4.86. The number of hydrogen-bond donors (Lipinski definition) is 1. The fourth-order valence-electron chi connectivity index (χ4n) is 0.919. The summed E-state index contributed by atoms with van der Waals surface area (Å²) in [5, 5.41) is 0.932. The SMILES string of the molecule is Fc1cc2[nH]ccc2cn1. The van der Waals surface area contributed by atoms with Gasteiger partial charge in [0.25, 0.3) is 0 Å². The van der Waals surface area contributed by atoms with Crippen molar-refractivity contribution in [1.29, 1.82) is 0 Å². The predicted molar refractivity (Wildman–Crippen MR) is 36.1 cm³/mol. The van der Waals surface area contributed by atoms with E-state index in [1.807, 2.05) is 6.07 Å². The summed E-state index contributed by atoms with van der Waals surface area (Å²) in [7, 11) is 0. The number of aromatic nitrogens is 2. The van der Waals surface area contributed by atoms with E-state index in [-0.39, 0.29) is 0 Å². The van der Waals surface area contributed by atoms with Crippen molar-refractivity contribution in [3.63, 3.8) is 0 Å². The fraction of sp³-hybridized carbons (Fsp3) is 0. The number of hydrogen-bond acceptors (Lipinski definition) is 1. The summed E-state index contributed by atoms with van der Waals surface area (Å²) in [4.78, 5) is 6.37. The molecule has 0 saturated carbocycles. The van der Waals surface area contributed by atoms with E-state index >= 15 is 0 Å². The second kappa shape index (κ2) is 1.80. The van der Waals surface area contributed by atoms with Crippen LogP contribution < -0.4 is 0 Å². The zero-order chi connectivity index (χ0) is 6.97. The van der Waals surface area contributed by atoms with Crippen LogP contribution in [0.3, 0.4) is 0 Å². The highest BCUT2D eigenvalue weighted by Gasteiger charge is 1.94. The first-order valence-corrected chi connectivity index (χ1v) is 2.95. The lowest BCUT2D eigenvalue weighted by molar-refractivity contribution is 0.586. The summed E-state index contributed by atoms with van der Waals surface area (Å²) in [5.41, 5.74) is 0.785. The quantitative estimate of drug-likeness (QED) is 0.548. The number of nitrogens with zero attached hydrogens (tertiary/aromatic N) is 1. The molecule has 0 saturated heterocycles. The van der Waals surface area contributed by atoms with Crippen molar-refractivity contribution in [2.75, 3.05) is 0 Å². The average Bonchev–Trinajstić information content (AvgIpc) is 2.33. The van der Waals surface area contributed by atoms with Crippen LogP contribution in [-0.4, -0.2) is 9.97 Å². The van der Waals surface area contributed by atoms with Crippen LogP contribution in [0.5, 0.6) is 0 Å². The lowest BCUT2D eigenvalue weighted by Crippen LogP contribution is -1.78. The molecule has 3 heteroatoms. The van der Waals surface area contributed by atoms with Crippen molar-refractivity contribution in [2.45, 2.75) is 0 Å². The second-order valence-electron chi connectivity index (χ2n) is 2.07. The van der Waals surface area contributed by atoms with Gasteiger partial charge in [-0.3, -0.25) is 0 Å². The summed E-state index contributed by atoms with van der Waals surface area (Å²) >= 11 is 0. The van der Waals surface area contributed by atoms with Gasteiger partial charge in [0.15, 0.2) is 0 Å². The van der Waals surface area contributed by atoms with Crippen LogP contribution in [0.15, 0.2) is 24.5 Å². The summed E-state index contributed by atoms with van der Waals surface area (Å²) in [6.45, 7) is 0. The van der Waals surface area contributed by atoms with Gasteiger partial charge in [-0.05, 0) is 6.07 Å². The van der Waals surface area contributed by atoms with Crippen LogP contribution in [0.25, 0.3) is 10.9 Å². The highest BCUT2D eigenvalue weighted by Crippen LogP contribution is 2.09. The van der Waals surface area contributed by atoms with Crippen LogP contribution in [0.2, 0.25) is 0 Å². The Morgan fingerprint density at radius 3 is 3.30 bits per heavy atom. The standard InChI is InChI=1S/C7H5FN2/c8-7-3-6-5(4-10-7)1-2-9-6/h1-4,9H. The third-order valence-corrected chi connectivity index (χ3v) is 1.40. The molecule has 2 rings (SSSR count). The molecular formula is C7H5FN2. The number of pyridine rings is 1. The van der Waals surface area contributed by atoms with Crippen molar-refractivity contribution in [1.82, 2.24) is 9.97 Å². The van der Waals surface area contributed by atoms with Crippen molar-refractivity contribution in [3.8, 4) is 0 Å². The van der Waals surface area contributed by atoms with Gasteiger partial charge in [-0.1, -0.05) is 0 Å². The molecule has 50 valence electrons. The van der Waals surface area contributed by atoms with Gasteiger partial charge in [0.05, 0.1) is 5.52 Å². The Labute approximate surface area is 56.7 Å². The summed E-state index contributed by atoms with van der Waals surface area (Å²) < 4.78 is 12.4. The minimum Gasteiger partial charge on any atom is -0.361 e. The van der Waals surface area contributed by atoms with E-state index in [1.54, 1.807) is 6.20 Å². The molecule has 0 aromatic carbocycles. The predicted octanol–water partition coefficient (Wildman–Crippen LogP) is 1.70. The van der Waals surface area contributed by atoms with Gasteiger partial charge in [-0.25, -0.2) is 4.98 Å². The lowest BCUT2D eigenvalue weighted by atomic mass is 10.3. The molecule has 0 aliphatic heterocycles. The van der Waals surface area contributed by atoms with E-state index in [2.05, 4.69) is 9.97 Å². The summed E-state index contributed by atoms with van der Waals surface area (Å²) in [6, 6.07) is 3.22. The maximum absolute atomic E-state index is 12.4. The smallest absolute Gasteiger partial charge is 0.214 e. The lowest BCUT2D eigenvalue weighted by Gasteiger charge is -1.86. The molecule has 1 N–H and O–H groups in total. The molecule has 2 heterocycles. The molecule has 0 atom stereocenters. The van der Waals surface area contributed by atoms with Crippen molar-refractivity contribution in [3.05, 3.63) is 30.5 Å². The number of aromatic amines is 1. The van der Waals surface area contributed by atoms with Gasteiger partial charge < -0.3 is 4.98 Å². The summed E-state index contributed by atoms with van der Waals surface area (Å²) in [5.74, 6) is -0.449. The van der Waals surface area contributed by atoms with E-state index in [4.69, 9.17) is 0 Å². The molecule has 0 unspecified atom stereocenters. The van der Waals surface area contributed by atoms with Crippen LogP contribution in [0, 0.1) is 5.95 Å². The molecule has 10 heavy (non-hydrogen) atoms. The van der Waals surface area contributed by atoms with E-state index in [9.17, 15) is 4.39 Å². The first-order valence-electron chi connectivity index (χ1n) is 2.95. The molecule has 0 amide bonds. The Bertz CT molecular complexity index is 353. The number of fused-ring (bicyclic) bond motifs is 1. The number of H-pyrrole nitrogens is 1. The zero-order valence-electron chi connectivity index (χ0n) is 5.13. The van der Waals surface area contributed by atoms with E-state index < -0.39 is 5.95 Å². The number of halogens is 1. The van der Waals surface area contributed by atoms with Gasteiger partial charge in [-0.2, -0.15) is 4.39 Å². The van der Waals surface area contributed by atoms with Crippen LogP contribution >= 0.6 is 0 Å². The third-order valence-electron chi connectivity index (χ3n) is 1.40. The normalized spacial score (nSPS) is 10.5. The monoisotopic (exact) mass is 136 g/mol. The maximum Gasteiger partial charge on any atom is 0.214 e. The van der Waals surface area contributed by atoms with Crippen molar-refractivity contribution in [2.24, 2.45) is 0 Å². The molecule has 0 radical (unpaired) electrons.